The first-order valence-electron chi connectivity index (χ1n) is 15.4. The van der Waals surface area contributed by atoms with E-state index in [0.29, 0.717) is 38.8 Å². The number of fused-ring (bicyclic) bond motifs is 2. The fourth-order valence-electron chi connectivity index (χ4n) is 7.42. The first-order valence-corrected chi connectivity index (χ1v) is 16.2. The minimum Gasteiger partial charge on any atom is -0.349 e. The number of aliphatic hydroxyl groups is 1. The van der Waals surface area contributed by atoms with Crippen LogP contribution in [0.4, 0.5) is 0 Å². The summed E-state index contributed by atoms with van der Waals surface area (Å²) in [6, 6.07) is 5.58. The molecule has 10 nitrogen and oxygen atoms in total. The molecule has 4 heterocycles. The molecule has 232 valence electrons. The molecule has 3 N–H and O–H groups in total. The van der Waals surface area contributed by atoms with Crippen molar-refractivity contribution >= 4 is 50.6 Å². The van der Waals surface area contributed by atoms with Crippen LogP contribution < -0.4 is 5.32 Å². The molecule has 0 spiro atoms. The van der Waals surface area contributed by atoms with Crippen molar-refractivity contribution in [3.63, 3.8) is 0 Å². The third-order valence-corrected chi connectivity index (χ3v) is 10.5. The zero-order valence-corrected chi connectivity index (χ0v) is 27.1. The Hall–Kier alpha value is -2.73. The molecule has 6 rings (SSSR count). The smallest absolute Gasteiger partial charge is 0.280 e. The second-order valence-electron chi connectivity index (χ2n) is 13.3. The Morgan fingerprint density at radius 1 is 1.30 bits per heavy atom. The number of hydrogen-bond acceptors (Lipinski definition) is 6. The molecule has 2 aromatic rings. The highest BCUT2D eigenvalue weighted by molar-refractivity contribution is 9.10. The van der Waals surface area contributed by atoms with Crippen molar-refractivity contribution in [2.45, 2.75) is 77.1 Å². The van der Waals surface area contributed by atoms with E-state index >= 15 is 0 Å². The molecule has 3 aliphatic heterocycles. The largest absolute Gasteiger partial charge is 0.349 e. The number of amides is 3. The average molecular weight is 657 g/mol. The number of hydrogen-bond donors (Lipinski definition) is 3. The Balaban J connectivity index is 1.35. The van der Waals surface area contributed by atoms with E-state index < -0.39 is 35.4 Å². The highest BCUT2D eigenvalue weighted by atomic mass is 79.9. The summed E-state index contributed by atoms with van der Waals surface area (Å²) in [5.41, 5.74) is 2.71. The van der Waals surface area contributed by atoms with Crippen molar-refractivity contribution in [1.82, 2.24) is 25.0 Å². The number of ether oxygens (including phenoxy) is 1. The summed E-state index contributed by atoms with van der Waals surface area (Å²) in [5, 5.41) is 16.3. The van der Waals surface area contributed by atoms with Crippen molar-refractivity contribution < 1.29 is 24.2 Å². The molecule has 2 saturated heterocycles. The van der Waals surface area contributed by atoms with Crippen LogP contribution in [0.25, 0.3) is 16.5 Å². The van der Waals surface area contributed by atoms with Crippen LogP contribution >= 0.6 is 15.9 Å². The van der Waals surface area contributed by atoms with Gasteiger partial charge in [-0.3, -0.25) is 28.9 Å². The van der Waals surface area contributed by atoms with Gasteiger partial charge in [-0.05, 0) is 77.3 Å². The topological polar surface area (TPSA) is 118 Å². The van der Waals surface area contributed by atoms with E-state index in [1.807, 2.05) is 46.9 Å². The second kappa shape index (κ2) is 11.0. The molecule has 1 aromatic carbocycles. The summed E-state index contributed by atoms with van der Waals surface area (Å²) in [6.45, 7) is 8.91. The third kappa shape index (κ3) is 4.74. The van der Waals surface area contributed by atoms with Crippen LogP contribution in [0.15, 0.2) is 28.9 Å². The van der Waals surface area contributed by atoms with Gasteiger partial charge in [0.2, 0.25) is 18.0 Å². The lowest BCUT2D eigenvalue weighted by Crippen LogP contribution is -2.61. The van der Waals surface area contributed by atoms with Crippen LogP contribution in [0.5, 0.6) is 0 Å². The maximum atomic E-state index is 14.3. The van der Waals surface area contributed by atoms with Gasteiger partial charge in [0.05, 0.1) is 10.5 Å². The summed E-state index contributed by atoms with van der Waals surface area (Å²) in [4.78, 5) is 48.9. The highest BCUT2D eigenvalue weighted by Crippen LogP contribution is 2.45. The lowest BCUT2D eigenvalue weighted by atomic mass is 9.79. The molecule has 2 fully saturated rings. The Labute approximate surface area is 260 Å². The molecule has 11 heteroatoms. The summed E-state index contributed by atoms with van der Waals surface area (Å²) in [7, 11) is 2.03. The summed E-state index contributed by atoms with van der Waals surface area (Å²) < 4.78 is 7.41. The van der Waals surface area contributed by atoms with Gasteiger partial charge in [-0.1, -0.05) is 45.9 Å². The summed E-state index contributed by atoms with van der Waals surface area (Å²) in [6.07, 6.45) is 5.39. The lowest BCUT2D eigenvalue weighted by Gasteiger charge is -2.41. The minimum atomic E-state index is -2.05. The Kier molecular flexibility index (Phi) is 7.76. The number of likely N-dealkylation sites (N-methyl/N-ethyl adjacent to an activating group) is 1. The van der Waals surface area contributed by atoms with Gasteiger partial charge in [0.15, 0.2) is 0 Å². The zero-order chi connectivity index (χ0) is 30.8. The molecule has 43 heavy (non-hydrogen) atoms. The van der Waals surface area contributed by atoms with E-state index in [0.717, 1.165) is 27.7 Å². The maximum absolute atomic E-state index is 14.3. The monoisotopic (exact) mass is 655 g/mol. The number of nitrogens with zero attached hydrogens (tertiary/aromatic N) is 3. The van der Waals surface area contributed by atoms with Gasteiger partial charge < -0.3 is 20.3 Å². The maximum Gasteiger partial charge on any atom is 0.280 e. The third-order valence-electron chi connectivity index (χ3n) is 9.85. The number of rotatable bonds is 8. The molecule has 1 aliphatic carbocycles. The van der Waals surface area contributed by atoms with Crippen LogP contribution in [0.1, 0.15) is 58.1 Å². The molecule has 3 amide bonds. The SMILES string of the molecule is CC(C)CCN1C(=O)[C@@](NC(=O)[C@@H]2C=C3c4cccc5[nH]c(Br)c(c45)C[C@H]3N(C)C2)(C(C)C)O[C@@]1(O)[C@@H]1CCCN1C=O. The predicted molar refractivity (Wildman–Crippen MR) is 166 cm³/mol. The van der Waals surface area contributed by atoms with E-state index in [-0.39, 0.29) is 24.4 Å². The van der Waals surface area contributed by atoms with Gasteiger partial charge in [-0.25, -0.2) is 0 Å². The molecule has 0 bridgehead atoms. The number of carbonyl (C=O) groups excluding carboxylic acids is 3. The van der Waals surface area contributed by atoms with Crippen LogP contribution in [0, 0.1) is 17.8 Å². The van der Waals surface area contributed by atoms with Gasteiger partial charge in [0, 0.05) is 42.5 Å². The number of halogens is 1. The lowest BCUT2D eigenvalue weighted by molar-refractivity contribution is -0.306. The van der Waals surface area contributed by atoms with Crippen LogP contribution in [-0.4, -0.2) is 93.4 Å². The molecular weight excluding hydrogens is 614 g/mol. The standard InChI is InChI=1S/C32H42BrN5O5/c1-18(2)11-13-38-30(41)31(19(3)4,43-32(38,42)26-10-7-12-37(26)17-39)35-29(40)20-14-22-21-8-6-9-24-27(21)23(28(33)34-24)15-25(22)36(5)16-20/h6,8-9,14,17-20,25-26,34,42H,7,10-13,15-16H2,1-5H3,(H,35,40)/t20-,25-,26+,31-,32+/m1/s1. The molecule has 0 radical (unpaired) electrons. The quantitative estimate of drug-likeness (QED) is 0.375. The van der Waals surface area contributed by atoms with Gasteiger partial charge in [0.25, 0.3) is 11.8 Å². The Morgan fingerprint density at radius 3 is 2.77 bits per heavy atom. The Bertz CT molecular complexity index is 1490. The molecule has 1 aromatic heterocycles. The number of likely N-dealkylation sites (tertiary alicyclic amines) is 1. The first kappa shape index (κ1) is 30.3. The number of H-pyrrole nitrogens is 1. The number of aromatic nitrogens is 1. The van der Waals surface area contributed by atoms with Crippen LogP contribution in [-0.2, 0) is 25.5 Å². The van der Waals surface area contributed by atoms with Crippen molar-refractivity contribution in [2.75, 3.05) is 26.7 Å². The van der Waals surface area contributed by atoms with E-state index in [2.05, 4.69) is 43.3 Å². The van der Waals surface area contributed by atoms with Crippen molar-refractivity contribution in [3.8, 4) is 0 Å². The highest BCUT2D eigenvalue weighted by Gasteiger charge is 2.66. The Morgan fingerprint density at radius 2 is 2.07 bits per heavy atom. The minimum absolute atomic E-state index is 0.117. The molecular formula is C32H42BrN5O5. The van der Waals surface area contributed by atoms with Crippen LogP contribution in [0.3, 0.4) is 0 Å². The second-order valence-corrected chi connectivity index (χ2v) is 14.1. The number of carbonyl (C=O) groups is 3. The van der Waals surface area contributed by atoms with Crippen molar-refractivity contribution in [3.05, 3.63) is 40.0 Å². The van der Waals surface area contributed by atoms with Gasteiger partial charge in [-0.15, -0.1) is 0 Å². The average Bonchev–Trinajstić information content (AvgIpc) is 3.63. The number of aromatic amines is 1. The normalized spacial score (nSPS) is 30.9. The van der Waals surface area contributed by atoms with Crippen molar-refractivity contribution in [2.24, 2.45) is 17.8 Å². The zero-order valence-electron chi connectivity index (χ0n) is 25.5. The first-order chi connectivity index (χ1) is 20.4. The number of nitrogens with one attached hydrogen (secondary N) is 2. The van der Waals surface area contributed by atoms with E-state index in [1.165, 1.54) is 20.7 Å². The molecule has 0 unspecified atom stereocenters. The van der Waals surface area contributed by atoms with Gasteiger partial charge >= 0.3 is 0 Å². The van der Waals surface area contributed by atoms with E-state index in [4.69, 9.17) is 4.74 Å². The fraction of sp³-hybridized carbons (Fsp3) is 0.594. The fourth-order valence-corrected chi connectivity index (χ4v) is 7.99. The van der Waals surface area contributed by atoms with Crippen LogP contribution in [0.2, 0.25) is 0 Å². The molecule has 5 atom stereocenters. The van der Waals surface area contributed by atoms with Gasteiger partial charge in [-0.2, -0.15) is 0 Å². The van der Waals surface area contributed by atoms with Crippen molar-refractivity contribution in [1.29, 1.82) is 0 Å². The van der Waals surface area contributed by atoms with E-state index in [1.54, 1.807) is 0 Å². The molecule has 0 saturated carbocycles. The number of benzene rings is 1. The van der Waals surface area contributed by atoms with E-state index in [9.17, 15) is 19.5 Å². The summed E-state index contributed by atoms with van der Waals surface area (Å²) in [5.74, 6) is -3.63. The molecule has 4 aliphatic rings. The summed E-state index contributed by atoms with van der Waals surface area (Å²) >= 11 is 3.70. The predicted octanol–water partition coefficient (Wildman–Crippen LogP) is 3.44. The van der Waals surface area contributed by atoms with Gasteiger partial charge in [0.1, 0.15) is 6.04 Å².